The lowest BCUT2D eigenvalue weighted by Crippen LogP contribution is -2.29. The molecule has 1 heterocycles. The van der Waals surface area contributed by atoms with Gasteiger partial charge in [-0.2, -0.15) is 11.8 Å². The van der Waals surface area contributed by atoms with Gasteiger partial charge in [0.1, 0.15) is 0 Å². The summed E-state index contributed by atoms with van der Waals surface area (Å²) in [6, 6.07) is 8.28. The monoisotopic (exact) mass is 309 g/mol. The minimum absolute atomic E-state index is 0.214. The molecular weight excluding hydrogens is 290 g/mol. The summed E-state index contributed by atoms with van der Waals surface area (Å²) in [5.41, 5.74) is 9.06. The van der Waals surface area contributed by atoms with E-state index in [1.807, 2.05) is 25.1 Å². The molecule has 0 saturated heterocycles. The number of fused-ring (bicyclic) bond motifs is 1. The normalized spacial score (nSPS) is 12.6. The van der Waals surface area contributed by atoms with E-state index in [0.717, 1.165) is 33.6 Å². The van der Waals surface area contributed by atoms with Crippen LogP contribution >= 0.6 is 23.1 Å². The number of carbonyl (C=O) groups is 1. The van der Waals surface area contributed by atoms with Crippen molar-refractivity contribution < 1.29 is 4.79 Å². The molecule has 0 spiro atoms. The van der Waals surface area contributed by atoms with Crippen molar-refractivity contribution >= 4 is 39.1 Å². The molecule has 1 amide bonds. The van der Waals surface area contributed by atoms with E-state index >= 15 is 0 Å². The van der Waals surface area contributed by atoms with Gasteiger partial charge in [-0.05, 0) is 36.1 Å². The van der Waals surface area contributed by atoms with Crippen LogP contribution < -0.4 is 17.0 Å². The predicted octanol–water partition coefficient (Wildman–Crippen LogP) is 2.48. The van der Waals surface area contributed by atoms with Crippen LogP contribution in [0.5, 0.6) is 0 Å². The van der Waals surface area contributed by atoms with Gasteiger partial charge in [0.15, 0.2) is 0 Å². The largest absolute Gasteiger partial charge is 0.328 e. The molecule has 4 nitrogen and oxygen atoms in total. The first-order valence-corrected chi connectivity index (χ1v) is 8.45. The molecule has 0 aliphatic heterocycles. The second-order valence-corrected chi connectivity index (χ2v) is 6.86. The molecule has 0 fully saturated rings. The van der Waals surface area contributed by atoms with Crippen LogP contribution in [-0.2, 0) is 5.75 Å². The molecule has 0 aliphatic rings. The number of amides is 1. The van der Waals surface area contributed by atoms with Crippen molar-refractivity contribution in [2.45, 2.75) is 25.1 Å². The van der Waals surface area contributed by atoms with Crippen LogP contribution in [0.1, 0.15) is 28.6 Å². The summed E-state index contributed by atoms with van der Waals surface area (Å²) >= 11 is 3.29. The Kier molecular flexibility index (Phi) is 5.42. The Balaban J connectivity index is 2.22. The lowest BCUT2D eigenvalue weighted by Gasteiger charge is -2.06. The Morgan fingerprint density at radius 1 is 1.45 bits per heavy atom. The standard InChI is InChI=1S/C14H19N3OS2/c1-9(15)6-7-19-8-11-10-4-2-3-5-12(10)20-13(11)14(18)17-16/h2-5,9H,6-8,15-16H2,1H3,(H,17,18). The van der Waals surface area contributed by atoms with Crippen molar-refractivity contribution in [1.82, 2.24) is 5.43 Å². The first-order chi connectivity index (χ1) is 9.63. The molecule has 0 bridgehead atoms. The number of benzene rings is 1. The number of rotatable bonds is 6. The third-order valence-corrected chi connectivity index (χ3v) is 5.23. The molecule has 108 valence electrons. The van der Waals surface area contributed by atoms with Gasteiger partial charge in [-0.3, -0.25) is 10.2 Å². The fourth-order valence-corrected chi connectivity index (χ4v) is 4.34. The van der Waals surface area contributed by atoms with Crippen molar-refractivity contribution in [2.24, 2.45) is 11.6 Å². The topological polar surface area (TPSA) is 81.1 Å². The fraction of sp³-hybridized carbons (Fsp3) is 0.357. The SMILES string of the molecule is CC(N)CCSCc1c(C(=O)NN)sc2ccccc12. The first kappa shape index (κ1) is 15.3. The number of thioether (sulfide) groups is 1. The zero-order chi connectivity index (χ0) is 14.5. The fourth-order valence-electron chi connectivity index (χ4n) is 1.93. The number of thiophene rings is 1. The summed E-state index contributed by atoms with van der Waals surface area (Å²) in [7, 11) is 0. The molecule has 5 N–H and O–H groups in total. The quantitative estimate of drug-likeness (QED) is 0.331. The highest BCUT2D eigenvalue weighted by atomic mass is 32.2. The van der Waals surface area contributed by atoms with Crippen LogP contribution in [0.4, 0.5) is 0 Å². The van der Waals surface area contributed by atoms with Crippen molar-refractivity contribution in [2.75, 3.05) is 5.75 Å². The van der Waals surface area contributed by atoms with E-state index < -0.39 is 0 Å². The van der Waals surface area contributed by atoms with Gasteiger partial charge in [0, 0.05) is 16.5 Å². The maximum Gasteiger partial charge on any atom is 0.275 e. The Morgan fingerprint density at radius 3 is 2.90 bits per heavy atom. The van der Waals surface area contributed by atoms with Gasteiger partial charge in [-0.1, -0.05) is 18.2 Å². The van der Waals surface area contributed by atoms with Gasteiger partial charge in [-0.25, -0.2) is 5.84 Å². The second kappa shape index (κ2) is 7.08. The van der Waals surface area contributed by atoms with Crippen LogP contribution in [0.15, 0.2) is 24.3 Å². The molecule has 1 atom stereocenters. The molecule has 20 heavy (non-hydrogen) atoms. The van der Waals surface area contributed by atoms with E-state index in [2.05, 4.69) is 11.5 Å². The van der Waals surface area contributed by atoms with Gasteiger partial charge >= 0.3 is 0 Å². The molecule has 0 radical (unpaired) electrons. The number of carbonyl (C=O) groups excluding carboxylic acids is 1. The van der Waals surface area contributed by atoms with Gasteiger partial charge in [0.05, 0.1) is 4.88 Å². The number of hydrazine groups is 1. The minimum atomic E-state index is -0.214. The van der Waals surface area contributed by atoms with E-state index in [1.54, 1.807) is 11.8 Å². The van der Waals surface area contributed by atoms with Gasteiger partial charge in [-0.15, -0.1) is 11.3 Å². The van der Waals surface area contributed by atoms with Crippen molar-refractivity contribution in [3.8, 4) is 0 Å². The third-order valence-electron chi connectivity index (χ3n) is 3.00. The lowest BCUT2D eigenvalue weighted by molar-refractivity contribution is 0.0957. The van der Waals surface area contributed by atoms with E-state index in [1.165, 1.54) is 11.3 Å². The zero-order valence-corrected chi connectivity index (χ0v) is 13.0. The van der Waals surface area contributed by atoms with E-state index in [9.17, 15) is 4.79 Å². The van der Waals surface area contributed by atoms with Crippen molar-refractivity contribution in [3.05, 3.63) is 34.7 Å². The maximum atomic E-state index is 11.9. The average molecular weight is 309 g/mol. The molecule has 1 unspecified atom stereocenters. The smallest absolute Gasteiger partial charge is 0.275 e. The number of nitrogens with two attached hydrogens (primary N) is 2. The second-order valence-electron chi connectivity index (χ2n) is 4.70. The number of nitrogens with one attached hydrogen (secondary N) is 1. The average Bonchev–Trinajstić information content (AvgIpc) is 2.81. The van der Waals surface area contributed by atoms with E-state index in [0.29, 0.717) is 4.88 Å². The molecule has 2 rings (SSSR count). The highest BCUT2D eigenvalue weighted by molar-refractivity contribution is 7.98. The Morgan fingerprint density at radius 2 is 2.20 bits per heavy atom. The van der Waals surface area contributed by atoms with E-state index in [4.69, 9.17) is 11.6 Å². The number of nitrogen functional groups attached to an aromatic ring is 1. The molecule has 2 aromatic rings. The highest BCUT2D eigenvalue weighted by Gasteiger charge is 2.17. The van der Waals surface area contributed by atoms with Crippen LogP contribution in [0.3, 0.4) is 0 Å². The molecular formula is C14H19N3OS2. The minimum Gasteiger partial charge on any atom is -0.328 e. The predicted molar refractivity (Wildman–Crippen MR) is 87.9 cm³/mol. The summed E-state index contributed by atoms with van der Waals surface area (Å²) < 4.78 is 1.12. The highest BCUT2D eigenvalue weighted by Crippen LogP contribution is 2.33. The Bertz CT molecular complexity index is 595. The molecule has 1 aromatic heterocycles. The van der Waals surface area contributed by atoms with Crippen LogP contribution in [0.25, 0.3) is 10.1 Å². The zero-order valence-electron chi connectivity index (χ0n) is 11.4. The molecule has 1 aromatic carbocycles. The van der Waals surface area contributed by atoms with Crippen LogP contribution in [0.2, 0.25) is 0 Å². The third kappa shape index (κ3) is 3.52. The Hall–Kier alpha value is -1.08. The van der Waals surface area contributed by atoms with Gasteiger partial charge in [0.25, 0.3) is 5.91 Å². The summed E-state index contributed by atoms with van der Waals surface area (Å²) in [6.45, 7) is 2.01. The molecule has 0 aliphatic carbocycles. The number of hydrogen-bond acceptors (Lipinski definition) is 5. The van der Waals surface area contributed by atoms with Gasteiger partial charge < -0.3 is 5.73 Å². The van der Waals surface area contributed by atoms with Crippen molar-refractivity contribution in [3.63, 3.8) is 0 Å². The van der Waals surface area contributed by atoms with E-state index in [-0.39, 0.29) is 11.9 Å². The summed E-state index contributed by atoms with van der Waals surface area (Å²) in [4.78, 5) is 12.6. The summed E-state index contributed by atoms with van der Waals surface area (Å²) in [5, 5.41) is 1.14. The first-order valence-electron chi connectivity index (χ1n) is 6.48. The van der Waals surface area contributed by atoms with Crippen molar-refractivity contribution in [1.29, 1.82) is 0 Å². The molecule has 0 saturated carbocycles. The van der Waals surface area contributed by atoms with Crippen LogP contribution in [0, 0.1) is 0 Å². The Labute approximate surface area is 126 Å². The lowest BCUT2D eigenvalue weighted by atomic mass is 10.1. The maximum absolute atomic E-state index is 11.9. The number of hydrogen-bond donors (Lipinski definition) is 3. The van der Waals surface area contributed by atoms with Gasteiger partial charge in [0.2, 0.25) is 0 Å². The van der Waals surface area contributed by atoms with Crippen LogP contribution in [-0.4, -0.2) is 17.7 Å². The molecule has 6 heteroatoms. The summed E-state index contributed by atoms with van der Waals surface area (Å²) in [6.07, 6.45) is 0.977. The summed E-state index contributed by atoms with van der Waals surface area (Å²) in [5.74, 6) is 6.86.